The van der Waals surface area contributed by atoms with Crippen molar-refractivity contribution in [2.24, 2.45) is 0 Å². The largest absolute Gasteiger partial charge is 0.491 e. The van der Waals surface area contributed by atoms with E-state index in [2.05, 4.69) is 24.2 Å². The maximum Gasteiger partial charge on any atom is 0.137 e. The lowest BCUT2D eigenvalue weighted by Crippen LogP contribution is -2.01. The Morgan fingerprint density at radius 2 is 1.90 bits per heavy atom. The molecule has 3 rings (SSSR count). The molecule has 2 aromatic heterocycles. The molecular weight excluding hydrogens is 252 g/mol. The number of nitrogens with zero attached hydrogens (tertiary/aromatic N) is 2. The van der Waals surface area contributed by atoms with Crippen molar-refractivity contribution in [2.75, 3.05) is 13.2 Å². The standard InChI is InChI=1S/C16H16N2O2/c1-12-2-7-16-17-15(11-18(16)10-12)13-3-5-14(6-4-13)20-9-8-19/h2-7,10-11,19H,8-9H2,1H3. The van der Waals surface area contributed by atoms with Crippen molar-refractivity contribution in [3.8, 4) is 17.0 Å². The van der Waals surface area contributed by atoms with Crippen molar-refractivity contribution in [3.63, 3.8) is 0 Å². The van der Waals surface area contributed by atoms with Crippen molar-refractivity contribution in [1.82, 2.24) is 9.38 Å². The SMILES string of the molecule is Cc1ccc2nc(-c3ccc(OCCO)cc3)cn2c1. The molecule has 1 aromatic carbocycles. The molecule has 0 radical (unpaired) electrons. The van der Waals surface area contributed by atoms with Gasteiger partial charge < -0.3 is 14.2 Å². The minimum Gasteiger partial charge on any atom is -0.491 e. The molecule has 0 aliphatic carbocycles. The van der Waals surface area contributed by atoms with Crippen LogP contribution >= 0.6 is 0 Å². The lowest BCUT2D eigenvalue weighted by molar-refractivity contribution is 0.201. The van der Waals surface area contributed by atoms with Gasteiger partial charge in [-0.15, -0.1) is 0 Å². The molecule has 0 atom stereocenters. The fraction of sp³-hybridized carbons (Fsp3) is 0.188. The van der Waals surface area contributed by atoms with Crippen LogP contribution in [0.5, 0.6) is 5.75 Å². The lowest BCUT2D eigenvalue weighted by atomic mass is 10.2. The van der Waals surface area contributed by atoms with Crippen molar-refractivity contribution in [3.05, 3.63) is 54.4 Å². The van der Waals surface area contributed by atoms with E-state index in [1.54, 1.807) is 0 Å². The van der Waals surface area contributed by atoms with Crippen LogP contribution < -0.4 is 4.74 Å². The van der Waals surface area contributed by atoms with Gasteiger partial charge in [-0.3, -0.25) is 0 Å². The van der Waals surface area contributed by atoms with Gasteiger partial charge in [0, 0.05) is 18.0 Å². The maximum absolute atomic E-state index is 8.73. The third-order valence-corrected chi connectivity index (χ3v) is 3.11. The van der Waals surface area contributed by atoms with Gasteiger partial charge >= 0.3 is 0 Å². The van der Waals surface area contributed by atoms with Crippen LogP contribution in [0.1, 0.15) is 5.56 Å². The zero-order chi connectivity index (χ0) is 13.9. The highest BCUT2D eigenvalue weighted by molar-refractivity contribution is 5.63. The molecule has 3 aromatic rings. The van der Waals surface area contributed by atoms with Crippen molar-refractivity contribution < 1.29 is 9.84 Å². The molecule has 0 saturated heterocycles. The van der Waals surface area contributed by atoms with Gasteiger partial charge in [-0.2, -0.15) is 0 Å². The second-order valence-corrected chi connectivity index (χ2v) is 4.69. The Kier molecular flexibility index (Phi) is 3.39. The fourth-order valence-electron chi connectivity index (χ4n) is 2.13. The second kappa shape index (κ2) is 5.35. The Morgan fingerprint density at radius 3 is 2.65 bits per heavy atom. The molecular formula is C16H16N2O2. The zero-order valence-corrected chi connectivity index (χ0v) is 11.3. The predicted octanol–water partition coefficient (Wildman–Crippen LogP) is 2.68. The summed E-state index contributed by atoms with van der Waals surface area (Å²) in [6, 6.07) is 11.8. The monoisotopic (exact) mass is 268 g/mol. The quantitative estimate of drug-likeness (QED) is 0.791. The summed E-state index contributed by atoms with van der Waals surface area (Å²) in [6.45, 7) is 2.40. The minimum absolute atomic E-state index is 0.0214. The third kappa shape index (κ3) is 2.51. The van der Waals surface area contributed by atoms with Gasteiger partial charge in [0.2, 0.25) is 0 Å². The molecule has 2 heterocycles. The number of aryl methyl sites for hydroxylation is 1. The number of pyridine rings is 1. The molecule has 0 saturated carbocycles. The van der Waals surface area contributed by atoms with Gasteiger partial charge in [-0.1, -0.05) is 6.07 Å². The highest BCUT2D eigenvalue weighted by Crippen LogP contribution is 2.22. The van der Waals surface area contributed by atoms with E-state index in [9.17, 15) is 0 Å². The van der Waals surface area contributed by atoms with Gasteiger partial charge in [0.05, 0.1) is 12.3 Å². The van der Waals surface area contributed by atoms with Crippen molar-refractivity contribution in [1.29, 1.82) is 0 Å². The number of aliphatic hydroxyl groups is 1. The van der Waals surface area contributed by atoms with Crippen LogP contribution in [0, 0.1) is 6.92 Å². The Labute approximate surface area is 117 Å². The molecule has 1 N–H and O–H groups in total. The number of benzene rings is 1. The molecule has 20 heavy (non-hydrogen) atoms. The maximum atomic E-state index is 8.73. The van der Waals surface area contributed by atoms with E-state index in [0.29, 0.717) is 6.61 Å². The Bertz CT molecular complexity index is 717. The van der Waals surface area contributed by atoms with E-state index in [4.69, 9.17) is 9.84 Å². The summed E-state index contributed by atoms with van der Waals surface area (Å²) < 4.78 is 7.37. The molecule has 0 amide bonds. The average molecular weight is 268 g/mol. The van der Waals surface area contributed by atoms with Crippen molar-refractivity contribution >= 4 is 5.65 Å². The molecule has 0 unspecified atom stereocenters. The number of hydrogen-bond donors (Lipinski definition) is 1. The number of imidazole rings is 1. The van der Waals surface area contributed by atoms with Crippen LogP contribution in [0.3, 0.4) is 0 Å². The molecule has 0 aliphatic heterocycles. The van der Waals surface area contributed by atoms with Gasteiger partial charge in [-0.05, 0) is 42.8 Å². The first-order valence-electron chi connectivity index (χ1n) is 6.56. The third-order valence-electron chi connectivity index (χ3n) is 3.11. The predicted molar refractivity (Wildman–Crippen MR) is 77.9 cm³/mol. The van der Waals surface area contributed by atoms with Crippen LogP contribution in [0.25, 0.3) is 16.9 Å². The molecule has 0 bridgehead atoms. The summed E-state index contributed by atoms with van der Waals surface area (Å²) in [5, 5.41) is 8.73. The van der Waals surface area contributed by atoms with Gasteiger partial charge in [0.15, 0.2) is 0 Å². The summed E-state index contributed by atoms with van der Waals surface area (Å²) in [5.74, 6) is 0.752. The summed E-state index contributed by atoms with van der Waals surface area (Å²) in [6.07, 6.45) is 4.08. The van der Waals surface area contributed by atoms with E-state index in [-0.39, 0.29) is 6.61 Å². The van der Waals surface area contributed by atoms with Crippen LogP contribution in [0.4, 0.5) is 0 Å². The molecule has 4 heteroatoms. The van der Waals surface area contributed by atoms with Gasteiger partial charge in [0.1, 0.15) is 18.0 Å². The Hall–Kier alpha value is -2.33. The van der Waals surface area contributed by atoms with E-state index in [1.165, 1.54) is 5.56 Å². The topological polar surface area (TPSA) is 46.8 Å². The summed E-state index contributed by atoms with van der Waals surface area (Å²) in [7, 11) is 0. The minimum atomic E-state index is 0.0214. The number of ether oxygens (including phenoxy) is 1. The first-order valence-corrected chi connectivity index (χ1v) is 6.56. The van der Waals surface area contributed by atoms with Crippen LogP contribution in [0.15, 0.2) is 48.8 Å². The van der Waals surface area contributed by atoms with Crippen molar-refractivity contribution in [2.45, 2.75) is 6.92 Å². The Morgan fingerprint density at radius 1 is 1.10 bits per heavy atom. The molecule has 0 aliphatic rings. The van der Waals surface area contributed by atoms with Crippen LogP contribution in [0.2, 0.25) is 0 Å². The van der Waals surface area contributed by atoms with E-state index in [0.717, 1.165) is 22.7 Å². The second-order valence-electron chi connectivity index (χ2n) is 4.69. The Balaban J connectivity index is 1.90. The number of rotatable bonds is 4. The van der Waals surface area contributed by atoms with E-state index < -0.39 is 0 Å². The van der Waals surface area contributed by atoms with Crippen LogP contribution in [-0.2, 0) is 0 Å². The van der Waals surface area contributed by atoms with Gasteiger partial charge in [0.25, 0.3) is 0 Å². The first kappa shape index (κ1) is 12.7. The van der Waals surface area contributed by atoms with Crippen LogP contribution in [-0.4, -0.2) is 27.7 Å². The fourth-order valence-corrected chi connectivity index (χ4v) is 2.13. The summed E-state index contributed by atoms with van der Waals surface area (Å²) >= 11 is 0. The number of aromatic nitrogens is 2. The number of fused-ring (bicyclic) bond motifs is 1. The first-order chi connectivity index (χ1) is 9.76. The number of aliphatic hydroxyl groups excluding tert-OH is 1. The number of hydrogen-bond acceptors (Lipinski definition) is 3. The highest BCUT2D eigenvalue weighted by Gasteiger charge is 2.04. The molecule has 102 valence electrons. The zero-order valence-electron chi connectivity index (χ0n) is 11.3. The normalized spacial score (nSPS) is 10.9. The van der Waals surface area contributed by atoms with Gasteiger partial charge in [-0.25, -0.2) is 4.98 Å². The molecule has 0 fully saturated rings. The lowest BCUT2D eigenvalue weighted by Gasteiger charge is -2.04. The smallest absolute Gasteiger partial charge is 0.137 e. The summed E-state index contributed by atoms with van der Waals surface area (Å²) in [4.78, 5) is 4.60. The molecule has 0 spiro atoms. The molecule has 4 nitrogen and oxygen atoms in total. The summed E-state index contributed by atoms with van der Waals surface area (Å²) in [5.41, 5.74) is 4.12. The highest BCUT2D eigenvalue weighted by atomic mass is 16.5. The average Bonchev–Trinajstić information content (AvgIpc) is 2.88. The van der Waals surface area contributed by atoms with E-state index >= 15 is 0 Å². The van der Waals surface area contributed by atoms with E-state index in [1.807, 2.05) is 40.9 Å².